The largest absolute Gasteiger partial charge is 0.497 e. The molecule has 0 saturated carbocycles. The number of ether oxygens (including phenoxy) is 3. The Labute approximate surface area is 108 Å². The fourth-order valence-corrected chi connectivity index (χ4v) is 1.79. The molecule has 0 N–H and O–H groups in total. The zero-order chi connectivity index (χ0) is 13.5. The first-order valence-electron chi connectivity index (χ1n) is 5.96. The Kier molecular flexibility index (Phi) is 5.65. The second-order valence-electron chi connectivity index (χ2n) is 3.94. The second kappa shape index (κ2) is 7.01. The average Bonchev–Trinajstić information content (AvgIpc) is 2.43. The predicted octanol–water partition coefficient (Wildman–Crippen LogP) is 2.70. The van der Waals surface area contributed by atoms with E-state index in [1.54, 1.807) is 32.4 Å². The van der Waals surface area contributed by atoms with Crippen LogP contribution in [0.4, 0.5) is 0 Å². The third-order valence-corrected chi connectivity index (χ3v) is 2.80. The molecule has 100 valence electrons. The van der Waals surface area contributed by atoms with Gasteiger partial charge in [-0.3, -0.25) is 4.79 Å². The van der Waals surface area contributed by atoms with Crippen LogP contribution in [-0.4, -0.2) is 33.2 Å². The number of carbonyl (C=O) groups is 1. The summed E-state index contributed by atoms with van der Waals surface area (Å²) in [5.41, 5.74) is 0.526. The van der Waals surface area contributed by atoms with E-state index < -0.39 is 6.10 Å². The van der Waals surface area contributed by atoms with Gasteiger partial charge in [-0.1, -0.05) is 13.3 Å². The van der Waals surface area contributed by atoms with E-state index in [4.69, 9.17) is 14.2 Å². The number of Topliss-reactive ketones (excluding diaryl/α,β-unsaturated/α-hetero) is 1. The van der Waals surface area contributed by atoms with Crippen molar-refractivity contribution < 1.29 is 19.0 Å². The fourth-order valence-electron chi connectivity index (χ4n) is 1.79. The summed E-state index contributed by atoms with van der Waals surface area (Å²) < 4.78 is 15.6. The number of carbonyl (C=O) groups excluding carboxylic acids is 1. The monoisotopic (exact) mass is 252 g/mol. The van der Waals surface area contributed by atoms with Crippen LogP contribution in [0.1, 0.15) is 30.1 Å². The summed E-state index contributed by atoms with van der Waals surface area (Å²) in [4.78, 5) is 12.3. The van der Waals surface area contributed by atoms with E-state index in [2.05, 4.69) is 0 Å². The minimum Gasteiger partial charge on any atom is -0.497 e. The molecule has 0 aliphatic carbocycles. The van der Waals surface area contributed by atoms with Gasteiger partial charge in [0.2, 0.25) is 0 Å². The molecule has 0 aromatic heterocycles. The Morgan fingerprint density at radius 2 is 1.94 bits per heavy atom. The number of hydrogen-bond donors (Lipinski definition) is 0. The highest BCUT2D eigenvalue weighted by Gasteiger charge is 2.22. The summed E-state index contributed by atoms with van der Waals surface area (Å²) in [6.07, 6.45) is 1.17. The molecule has 4 nitrogen and oxygen atoms in total. The lowest BCUT2D eigenvalue weighted by Crippen LogP contribution is -2.23. The van der Waals surface area contributed by atoms with Crippen LogP contribution in [0.25, 0.3) is 0 Å². The molecule has 1 aromatic carbocycles. The van der Waals surface area contributed by atoms with Crippen molar-refractivity contribution in [3.05, 3.63) is 23.8 Å². The average molecular weight is 252 g/mol. The van der Waals surface area contributed by atoms with Gasteiger partial charge in [0.15, 0.2) is 5.78 Å². The zero-order valence-corrected chi connectivity index (χ0v) is 11.4. The topological polar surface area (TPSA) is 44.8 Å². The summed E-state index contributed by atoms with van der Waals surface area (Å²) in [5, 5.41) is 0. The lowest BCUT2D eigenvalue weighted by molar-refractivity contribution is 0.0576. The van der Waals surface area contributed by atoms with E-state index >= 15 is 0 Å². The molecule has 1 unspecified atom stereocenters. The normalized spacial score (nSPS) is 12.0. The quantitative estimate of drug-likeness (QED) is 0.700. The van der Waals surface area contributed by atoms with Crippen molar-refractivity contribution in [2.45, 2.75) is 25.9 Å². The molecule has 0 fully saturated rings. The van der Waals surface area contributed by atoms with Gasteiger partial charge in [0, 0.05) is 13.2 Å². The lowest BCUT2D eigenvalue weighted by atomic mass is 10.0. The molecule has 4 heteroatoms. The van der Waals surface area contributed by atoms with E-state index in [0.717, 1.165) is 6.42 Å². The highest BCUT2D eigenvalue weighted by molar-refractivity contribution is 6.02. The van der Waals surface area contributed by atoms with Crippen molar-refractivity contribution in [3.8, 4) is 11.5 Å². The van der Waals surface area contributed by atoms with Crippen LogP contribution >= 0.6 is 0 Å². The highest BCUT2D eigenvalue weighted by Crippen LogP contribution is 2.26. The Hall–Kier alpha value is -1.55. The smallest absolute Gasteiger partial charge is 0.195 e. The van der Waals surface area contributed by atoms with Crippen molar-refractivity contribution in [3.63, 3.8) is 0 Å². The SMILES string of the molecule is CCCC(OC)C(=O)c1ccc(OC)cc1OC. The van der Waals surface area contributed by atoms with Crippen molar-refractivity contribution in [2.24, 2.45) is 0 Å². The molecule has 1 rings (SSSR count). The Morgan fingerprint density at radius 1 is 1.22 bits per heavy atom. The first-order chi connectivity index (χ1) is 8.67. The van der Waals surface area contributed by atoms with Crippen LogP contribution < -0.4 is 9.47 Å². The van der Waals surface area contributed by atoms with Crippen LogP contribution in [0.15, 0.2) is 18.2 Å². The van der Waals surface area contributed by atoms with Crippen LogP contribution in [0.5, 0.6) is 11.5 Å². The molecule has 0 bridgehead atoms. The Balaban J connectivity index is 3.03. The van der Waals surface area contributed by atoms with Gasteiger partial charge in [-0.2, -0.15) is 0 Å². The Morgan fingerprint density at radius 3 is 2.44 bits per heavy atom. The fraction of sp³-hybridized carbons (Fsp3) is 0.500. The summed E-state index contributed by atoms with van der Waals surface area (Å²) in [6, 6.07) is 5.15. The highest BCUT2D eigenvalue weighted by atomic mass is 16.5. The van der Waals surface area contributed by atoms with Gasteiger partial charge in [-0.25, -0.2) is 0 Å². The molecule has 1 atom stereocenters. The van der Waals surface area contributed by atoms with Crippen molar-refractivity contribution >= 4 is 5.78 Å². The number of benzene rings is 1. The molecular weight excluding hydrogens is 232 g/mol. The maximum absolute atomic E-state index is 12.3. The van der Waals surface area contributed by atoms with E-state index in [0.29, 0.717) is 23.5 Å². The van der Waals surface area contributed by atoms with Gasteiger partial charge in [0.25, 0.3) is 0 Å². The Bertz CT molecular complexity index is 401. The van der Waals surface area contributed by atoms with E-state index in [1.165, 1.54) is 7.11 Å². The van der Waals surface area contributed by atoms with E-state index in [1.807, 2.05) is 6.92 Å². The summed E-state index contributed by atoms with van der Waals surface area (Å²) in [5.74, 6) is 1.12. The zero-order valence-electron chi connectivity index (χ0n) is 11.4. The lowest BCUT2D eigenvalue weighted by Gasteiger charge is -2.15. The molecule has 0 amide bonds. The summed E-state index contributed by atoms with van der Waals surface area (Å²) in [7, 11) is 4.66. The number of ketones is 1. The van der Waals surface area contributed by atoms with Crippen molar-refractivity contribution in [1.82, 2.24) is 0 Å². The maximum Gasteiger partial charge on any atom is 0.195 e. The molecule has 18 heavy (non-hydrogen) atoms. The van der Waals surface area contributed by atoms with Crippen LogP contribution in [-0.2, 0) is 4.74 Å². The summed E-state index contributed by atoms with van der Waals surface area (Å²) >= 11 is 0. The van der Waals surface area contributed by atoms with Crippen LogP contribution in [0.3, 0.4) is 0 Å². The van der Waals surface area contributed by atoms with Crippen molar-refractivity contribution in [2.75, 3.05) is 21.3 Å². The van der Waals surface area contributed by atoms with Crippen molar-refractivity contribution in [1.29, 1.82) is 0 Å². The van der Waals surface area contributed by atoms with Crippen LogP contribution in [0, 0.1) is 0 Å². The van der Waals surface area contributed by atoms with Gasteiger partial charge in [0.05, 0.1) is 19.8 Å². The molecule has 0 heterocycles. The number of rotatable bonds is 7. The molecule has 0 spiro atoms. The van der Waals surface area contributed by atoms with E-state index in [9.17, 15) is 4.79 Å². The van der Waals surface area contributed by atoms with Crippen LogP contribution in [0.2, 0.25) is 0 Å². The third-order valence-electron chi connectivity index (χ3n) is 2.80. The first kappa shape index (κ1) is 14.5. The minimum atomic E-state index is -0.419. The molecular formula is C14H20O4. The molecule has 0 aliphatic heterocycles. The third kappa shape index (κ3) is 3.23. The van der Waals surface area contributed by atoms with Gasteiger partial charge in [-0.05, 0) is 18.6 Å². The first-order valence-corrected chi connectivity index (χ1v) is 5.96. The standard InChI is InChI=1S/C14H20O4/c1-5-6-12(17-3)14(15)11-8-7-10(16-2)9-13(11)18-4/h7-9,12H,5-6H2,1-4H3. The molecule has 0 radical (unpaired) electrons. The molecule has 0 aliphatic rings. The van der Waals surface area contributed by atoms with Gasteiger partial charge >= 0.3 is 0 Å². The second-order valence-corrected chi connectivity index (χ2v) is 3.94. The minimum absolute atomic E-state index is 0.0566. The summed E-state index contributed by atoms with van der Waals surface area (Å²) in [6.45, 7) is 2.02. The maximum atomic E-state index is 12.3. The van der Waals surface area contributed by atoms with Gasteiger partial charge in [-0.15, -0.1) is 0 Å². The number of methoxy groups -OCH3 is 3. The predicted molar refractivity (Wildman–Crippen MR) is 69.6 cm³/mol. The molecule has 0 saturated heterocycles. The van der Waals surface area contributed by atoms with Gasteiger partial charge in [0.1, 0.15) is 17.6 Å². The van der Waals surface area contributed by atoms with Gasteiger partial charge < -0.3 is 14.2 Å². The van der Waals surface area contributed by atoms with E-state index in [-0.39, 0.29) is 5.78 Å². The molecule has 1 aromatic rings. The number of hydrogen-bond acceptors (Lipinski definition) is 4.